The normalized spacial score (nSPS) is 22.2. The van der Waals surface area contributed by atoms with Gasteiger partial charge in [-0.3, -0.25) is 4.79 Å². The molecule has 1 amide bonds. The maximum absolute atomic E-state index is 11.7. The van der Waals surface area contributed by atoms with Crippen molar-refractivity contribution in [1.29, 1.82) is 0 Å². The topological polar surface area (TPSA) is 77.2 Å². The van der Waals surface area contributed by atoms with Gasteiger partial charge in [0.1, 0.15) is 13.1 Å². The first kappa shape index (κ1) is 16.6. The van der Waals surface area contributed by atoms with E-state index in [1.807, 2.05) is 41.5 Å². The van der Waals surface area contributed by atoms with E-state index in [1.165, 1.54) is 46.2 Å². The molecule has 2 aromatic heterocycles. The van der Waals surface area contributed by atoms with Crippen molar-refractivity contribution in [3.05, 3.63) is 46.6 Å². The molecule has 2 aliphatic rings. The number of hydrogen-bond donors (Lipinski definition) is 0. The maximum Gasteiger partial charge on any atom is 0.231 e. The second kappa shape index (κ2) is 6.47. The number of pyridine rings is 1. The van der Waals surface area contributed by atoms with Crippen molar-refractivity contribution in [2.45, 2.75) is 15.8 Å². The minimum atomic E-state index is -1.27. The van der Waals surface area contributed by atoms with Gasteiger partial charge < -0.3 is 14.8 Å². The number of carboxylic acid groups (broad SMARTS) is 1. The molecule has 0 spiro atoms. The highest BCUT2D eigenvalue weighted by Crippen LogP contribution is 2.45. The molecule has 1 radical (unpaired) electrons. The summed E-state index contributed by atoms with van der Waals surface area (Å²) in [6, 6.07) is 2.90. The summed E-state index contributed by atoms with van der Waals surface area (Å²) >= 11 is 4.14. The van der Waals surface area contributed by atoms with E-state index in [1.54, 1.807) is 5.41 Å². The van der Waals surface area contributed by atoms with E-state index in [9.17, 15) is 14.7 Å². The summed E-state index contributed by atoms with van der Waals surface area (Å²) < 4.78 is 2.68. The number of aromatic nitrogens is 2. The Labute approximate surface area is 156 Å². The van der Waals surface area contributed by atoms with E-state index in [4.69, 9.17) is 0 Å². The zero-order valence-electron chi connectivity index (χ0n) is 13.0. The minimum absolute atomic E-state index is 0.211. The number of nitrogens with zero attached hydrogens (tertiary/aromatic N) is 3. The average Bonchev–Trinajstić information content (AvgIpc) is 3.04. The molecule has 4 heterocycles. The second-order valence-electron chi connectivity index (χ2n) is 5.53. The first-order valence-electron chi connectivity index (χ1n) is 7.35. The molecule has 1 unspecified atom stereocenters. The average molecular weight is 390 g/mol. The molecule has 0 aromatic carbocycles. The molecular formula is C16H12N3O3S3. The van der Waals surface area contributed by atoms with Crippen molar-refractivity contribution in [2.75, 3.05) is 0 Å². The largest absolute Gasteiger partial charge is 0.547 e. The Balaban J connectivity index is 1.56. The molecule has 1 fully saturated rings. The lowest BCUT2D eigenvalue weighted by atomic mass is 10.1. The monoisotopic (exact) mass is 390 g/mol. The summed E-state index contributed by atoms with van der Waals surface area (Å²) in [5.74, 6) is -1.53. The van der Waals surface area contributed by atoms with Crippen molar-refractivity contribution in [2.24, 2.45) is 7.05 Å². The Morgan fingerprint density at radius 3 is 2.84 bits per heavy atom. The highest BCUT2D eigenvalue weighted by molar-refractivity contribution is 8.07. The van der Waals surface area contributed by atoms with Gasteiger partial charge in [-0.25, -0.2) is 9.55 Å². The number of thiazole rings is 1. The smallest absolute Gasteiger partial charge is 0.231 e. The van der Waals surface area contributed by atoms with Gasteiger partial charge in [-0.2, -0.15) is 0 Å². The van der Waals surface area contributed by atoms with Gasteiger partial charge in [0, 0.05) is 28.0 Å². The number of β-lactam (4-membered cyclic amide) rings is 1. The Kier molecular flexibility index (Phi) is 4.30. The third-order valence-electron chi connectivity index (χ3n) is 3.87. The van der Waals surface area contributed by atoms with Crippen LogP contribution in [0.5, 0.6) is 0 Å². The van der Waals surface area contributed by atoms with E-state index in [0.29, 0.717) is 4.91 Å². The van der Waals surface area contributed by atoms with Crippen LogP contribution in [0.15, 0.2) is 44.6 Å². The van der Waals surface area contributed by atoms with Crippen LogP contribution in [0.3, 0.4) is 0 Å². The Bertz CT molecular complexity index is 878. The lowest BCUT2D eigenvalue weighted by molar-refractivity contribution is -0.671. The number of carbonyl (C=O) groups excluding carboxylic acids is 2. The molecule has 2 aliphatic heterocycles. The highest BCUT2D eigenvalue weighted by atomic mass is 32.2. The van der Waals surface area contributed by atoms with Crippen LogP contribution in [0.2, 0.25) is 0 Å². The molecule has 127 valence electrons. The number of hydrogen-bond acceptors (Lipinski definition) is 7. The molecule has 6 nitrogen and oxygen atoms in total. The quantitative estimate of drug-likeness (QED) is 0.568. The van der Waals surface area contributed by atoms with E-state index in [2.05, 4.69) is 4.98 Å². The Morgan fingerprint density at radius 1 is 1.40 bits per heavy atom. The van der Waals surface area contributed by atoms with Crippen LogP contribution in [0.4, 0.5) is 0 Å². The predicted molar refractivity (Wildman–Crippen MR) is 94.0 cm³/mol. The standard InChI is InChI=1S/C16H12N3O3S3/c1-18-4-2-9(3-5-18)10-7-24-16(17-10)25-11-8-23-13-6-12(20)19(13)14(11)15(21)22/h2-8,13-14H,1H3/t13-,14?/m1/s1. The third kappa shape index (κ3) is 3.07. The van der Waals surface area contributed by atoms with Gasteiger partial charge in [0.25, 0.3) is 0 Å². The summed E-state index contributed by atoms with van der Waals surface area (Å²) in [6.07, 6.45) is 5.40. The molecule has 9 heteroatoms. The lowest BCUT2D eigenvalue weighted by Gasteiger charge is -2.47. The number of aliphatic carboxylic acids is 1. The van der Waals surface area contributed by atoms with E-state index in [0.717, 1.165) is 15.6 Å². The molecule has 1 saturated heterocycles. The number of amides is 1. The van der Waals surface area contributed by atoms with Crippen LogP contribution in [0.25, 0.3) is 11.3 Å². The van der Waals surface area contributed by atoms with Crippen molar-refractivity contribution >= 4 is 46.7 Å². The Morgan fingerprint density at radius 2 is 2.16 bits per heavy atom. The summed E-state index contributed by atoms with van der Waals surface area (Å²) in [6.45, 7) is 0. The zero-order chi connectivity index (χ0) is 17.6. The van der Waals surface area contributed by atoms with Gasteiger partial charge in [0.05, 0.1) is 23.5 Å². The van der Waals surface area contributed by atoms with Gasteiger partial charge in [-0.1, -0.05) is 11.8 Å². The fourth-order valence-electron chi connectivity index (χ4n) is 2.57. The fourth-order valence-corrected chi connectivity index (χ4v) is 5.73. The maximum atomic E-state index is 11.7. The molecule has 0 aliphatic carbocycles. The molecule has 0 bridgehead atoms. The number of carboxylic acids is 1. The SMILES string of the molecule is C[n+]1ccc(-c2csc(SC3=CS[C@@H]4[CH]C(=O)N4C3C(=O)[O-])n2)cc1. The number of carbonyl (C=O) groups is 2. The van der Waals surface area contributed by atoms with Crippen LogP contribution in [-0.2, 0) is 16.6 Å². The van der Waals surface area contributed by atoms with Crippen LogP contribution in [0, 0.1) is 6.42 Å². The Hall–Kier alpha value is -1.84. The van der Waals surface area contributed by atoms with Gasteiger partial charge in [-0.05, 0) is 5.41 Å². The molecule has 25 heavy (non-hydrogen) atoms. The van der Waals surface area contributed by atoms with Crippen molar-refractivity contribution < 1.29 is 19.3 Å². The van der Waals surface area contributed by atoms with Crippen LogP contribution in [-0.4, -0.2) is 33.2 Å². The number of rotatable bonds is 4. The molecular weight excluding hydrogens is 378 g/mol. The van der Waals surface area contributed by atoms with E-state index < -0.39 is 12.0 Å². The van der Waals surface area contributed by atoms with Crippen LogP contribution < -0.4 is 9.67 Å². The predicted octanol–water partition coefficient (Wildman–Crippen LogP) is 0.806. The first-order chi connectivity index (χ1) is 12.0. The van der Waals surface area contributed by atoms with Crippen molar-refractivity contribution in [3.63, 3.8) is 0 Å². The molecule has 0 N–H and O–H groups in total. The summed E-state index contributed by atoms with van der Waals surface area (Å²) in [7, 11) is 1.95. The number of aryl methyl sites for hydroxylation is 1. The molecule has 0 saturated carbocycles. The van der Waals surface area contributed by atoms with Gasteiger partial charge in [0.2, 0.25) is 5.91 Å². The van der Waals surface area contributed by atoms with Crippen molar-refractivity contribution in [1.82, 2.24) is 9.88 Å². The summed E-state index contributed by atoms with van der Waals surface area (Å²) in [4.78, 5) is 29.7. The molecule has 4 rings (SSSR count). The van der Waals surface area contributed by atoms with E-state index >= 15 is 0 Å². The molecule has 2 aromatic rings. The minimum Gasteiger partial charge on any atom is -0.547 e. The number of thioether (sulfide) groups is 2. The third-order valence-corrected chi connectivity index (χ3v) is 7.07. The van der Waals surface area contributed by atoms with Crippen LogP contribution in [0.1, 0.15) is 0 Å². The summed E-state index contributed by atoms with van der Waals surface area (Å²) in [5, 5.41) is 15.1. The fraction of sp³-hybridized carbons (Fsp3) is 0.188. The first-order valence-corrected chi connectivity index (χ1v) is 9.99. The van der Waals surface area contributed by atoms with Gasteiger partial charge in [-0.15, -0.1) is 23.1 Å². The van der Waals surface area contributed by atoms with Crippen LogP contribution >= 0.6 is 34.9 Å². The lowest BCUT2D eigenvalue weighted by Crippen LogP contribution is -2.63. The zero-order valence-corrected chi connectivity index (χ0v) is 15.4. The number of fused-ring (bicyclic) bond motifs is 1. The van der Waals surface area contributed by atoms with Crippen molar-refractivity contribution in [3.8, 4) is 11.3 Å². The molecule has 2 atom stereocenters. The highest BCUT2D eigenvalue weighted by Gasteiger charge is 2.46. The van der Waals surface area contributed by atoms with E-state index in [-0.39, 0.29) is 11.3 Å². The second-order valence-corrected chi connectivity index (χ2v) is 8.70. The summed E-state index contributed by atoms with van der Waals surface area (Å²) in [5.41, 5.74) is 1.84. The van der Waals surface area contributed by atoms with Gasteiger partial charge >= 0.3 is 0 Å². The van der Waals surface area contributed by atoms with Gasteiger partial charge in [0.15, 0.2) is 16.7 Å².